The third-order valence-corrected chi connectivity index (χ3v) is 6.93. The Bertz CT molecular complexity index is 1250. The molecule has 0 aliphatic rings. The average Bonchev–Trinajstić information content (AvgIpc) is 3.42. The summed E-state index contributed by atoms with van der Waals surface area (Å²) < 4.78 is 2.12. The summed E-state index contributed by atoms with van der Waals surface area (Å²) in [6.07, 6.45) is 3.72. The molecule has 2 heterocycles. The maximum atomic E-state index is 12.5. The van der Waals surface area contributed by atoms with E-state index >= 15 is 0 Å². The lowest BCUT2D eigenvalue weighted by Crippen LogP contribution is -2.27. The van der Waals surface area contributed by atoms with Gasteiger partial charge in [0, 0.05) is 52.2 Å². The van der Waals surface area contributed by atoms with Crippen LogP contribution in [-0.4, -0.2) is 33.7 Å². The number of aromatic nitrogens is 2. The molecule has 0 spiro atoms. The maximum absolute atomic E-state index is 12.5. The zero-order valence-corrected chi connectivity index (χ0v) is 19.6. The van der Waals surface area contributed by atoms with Crippen molar-refractivity contribution in [1.82, 2.24) is 14.9 Å². The van der Waals surface area contributed by atoms with Crippen molar-refractivity contribution in [2.24, 2.45) is 0 Å². The van der Waals surface area contributed by atoms with Crippen molar-refractivity contribution in [3.05, 3.63) is 76.9 Å². The molecular weight excluding hydrogens is 440 g/mol. The number of nitrogens with one attached hydrogen (secondary N) is 2. The highest BCUT2D eigenvalue weighted by molar-refractivity contribution is 8.00. The number of thiazole rings is 1. The quantitative estimate of drug-likeness (QED) is 0.365. The number of aryl methyl sites for hydroxylation is 2. The minimum absolute atomic E-state index is 0.0713. The molecule has 0 aliphatic carbocycles. The van der Waals surface area contributed by atoms with Crippen LogP contribution in [0.25, 0.3) is 10.9 Å². The molecule has 164 valence electrons. The molecule has 0 unspecified atom stereocenters. The molecule has 0 saturated heterocycles. The van der Waals surface area contributed by atoms with Crippen molar-refractivity contribution in [2.75, 3.05) is 17.6 Å². The Morgan fingerprint density at radius 2 is 1.97 bits per heavy atom. The summed E-state index contributed by atoms with van der Waals surface area (Å²) in [6, 6.07) is 13.8. The Morgan fingerprint density at radius 3 is 2.75 bits per heavy atom. The summed E-state index contributed by atoms with van der Waals surface area (Å²) in [5.74, 6) is 0.150. The van der Waals surface area contributed by atoms with Gasteiger partial charge in [-0.25, -0.2) is 4.98 Å². The lowest BCUT2D eigenvalue weighted by Gasteiger charge is -2.09. The SMILES string of the molecule is Cc1ccc(C(=O)NCCn2cc(SCC(=O)Nc3nccs3)c3ccccc32)cc1C. The van der Waals surface area contributed by atoms with Crippen molar-refractivity contribution in [2.45, 2.75) is 25.3 Å². The number of para-hydroxylation sites is 1. The summed E-state index contributed by atoms with van der Waals surface area (Å²) in [6.45, 7) is 5.20. The molecule has 0 fully saturated rings. The van der Waals surface area contributed by atoms with E-state index in [1.807, 2.05) is 55.8 Å². The minimum atomic E-state index is -0.0811. The number of anilines is 1. The number of benzene rings is 2. The van der Waals surface area contributed by atoms with Gasteiger partial charge >= 0.3 is 0 Å². The normalized spacial score (nSPS) is 10.9. The van der Waals surface area contributed by atoms with E-state index in [2.05, 4.69) is 32.3 Å². The van der Waals surface area contributed by atoms with E-state index in [1.54, 1.807) is 6.20 Å². The van der Waals surface area contributed by atoms with Crippen LogP contribution in [0.15, 0.2) is 65.1 Å². The number of hydrogen-bond donors (Lipinski definition) is 2. The number of amides is 2. The molecule has 2 N–H and O–H groups in total. The molecule has 4 aromatic rings. The van der Waals surface area contributed by atoms with Gasteiger partial charge in [0.2, 0.25) is 5.91 Å². The summed E-state index contributed by atoms with van der Waals surface area (Å²) in [4.78, 5) is 29.9. The Labute approximate surface area is 195 Å². The molecule has 2 aromatic carbocycles. The lowest BCUT2D eigenvalue weighted by molar-refractivity contribution is -0.113. The highest BCUT2D eigenvalue weighted by Crippen LogP contribution is 2.30. The first-order valence-electron chi connectivity index (χ1n) is 10.3. The second-order valence-corrected chi connectivity index (χ2v) is 9.34. The molecule has 2 amide bonds. The Morgan fingerprint density at radius 1 is 1.12 bits per heavy atom. The second-order valence-electron chi connectivity index (χ2n) is 7.43. The van der Waals surface area contributed by atoms with Crippen LogP contribution in [-0.2, 0) is 11.3 Å². The Hall–Kier alpha value is -3.10. The van der Waals surface area contributed by atoms with Crippen molar-refractivity contribution in [3.63, 3.8) is 0 Å². The zero-order valence-electron chi connectivity index (χ0n) is 17.9. The number of carbonyl (C=O) groups is 2. The predicted molar refractivity (Wildman–Crippen MR) is 132 cm³/mol. The van der Waals surface area contributed by atoms with Gasteiger partial charge in [0.25, 0.3) is 5.91 Å². The fourth-order valence-corrected chi connectivity index (χ4v) is 4.81. The van der Waals surface area contributed by atoms with Crippen molar-refractivity contribution in [1.29, 1.82) is 0 Å². The van der Waals surface area contributed by atoms with Crippen LogP contribution in [0, 0.1) is 13.8 Å². The zero-order chi connectivity index (χ0) is 22.5. The Kier molecular flexibility index (Phi) is 6.92. The standard InChI is InChI=1S/C24H24N4O2S2/c1-16-7-8-18(13-17(16)2)23(30)25-9-11-28-14-21(19-5-3-4-6-20(19)28)32-15-22(29)27-24-26-10-12-31-24/h3-8,10,12-14H,9,11,15H2,1-2H3,(H,25,30)(H,26,27,29). The molecule has 4 rings (SSSR count). The van der Waals surface area contributed by atoms with E-state index < -0.39 is 0 Å². The number of nitrogens with zero attached hydrogens (tertiary/aromatic N) is 2. The van der Waals surface area contributed by atoms with Crippen LogP contribution < -0.4 is 10.6 Å². The maximum Gasteiger partial charge on any atom is 0.251 e. The molecule has 0 bridgehead atoms. The predicted octanol–water partition coefficient (Wildman–Crippen LogP) is 4.88. The van der Waals surface area contributed by atoms with E-state index in [4.69, 9.17) is 0 Å². The molecule has 0 radical (unpaired) electrons. The summed E-state index contributed by atoms with van der Waals surface area (Å²) in [5.41, 5.74) is 4.03. The molecular formula is C24H24N4O2S2. The van der Waals surface area contributed by atoms with Crippen molar-refractivity contribution >= 4 is 50.9 Å². The third kappa shape index (κ3) is 5.20. The van der Waals surface area contributed by atoms with Gasteiger partial charge in [-0.05, 0) is 43.2 Å². The fourth-order valence-electron chi connectivity index (χ4n) is 3.37. The largest absolute Gasteiger partial charge is 0.350 e. The summed E-state index contributed by atoms with van der Waals surface area (Å²) in [5, 5.41) is 9.35. The fraction of sp³-hybridized carbons (Fsp3) is 0.208. The van der Waals surface area contributed by atoms with E-state index in [9.17, 15) is 9.59 Å². The number of fused-ring (bicyclic) bond motifs is 1. The third-order valence-electron chi connectivity index (χ3n) is 5.20. The highest BCUT2D eigenvalue weighted by Gasteiger charge is 2.12. The van der Waals surface area contributed by atoms with Gasteiger partial charge in [0.1, 0.15) is 0 Å². The molecule has 6 nitrogen and oxygen atoms in total. The first kappa shape index (κ1) is 22.1. The molecule has 0 aliphatic heterocycles. The van der Waals surface area contributed by atoms with Gasteiger partial charge in [0.05, 0.1) is 5.75 Å². The van der Waals surface area contributed by atoms with Crippen LogP contribution in [0.1, 0.15) is 21.5 Å². The van der Waals surface area contributed by atoms with Crippen molar-refractivity contribution < 1.29 is 9.59 Å². The molecule has 0 atom stereocenters. The van der Waals surface area contributed by atoms with Crippen LogP contribution in [0.2, 0.25) is 0 Å². The monoisotopic (exact) mass is 464 g/mol. The molecule has 32 heavy (non-hydrogen) atoms. The topological polar surface area (TPSA) is 76.0 Å². The van der Waals surface area contributed by atoms with Crippen LogP contribution in [0.5, 0.6) is 0 Å². The van der Waals surface area contributed by atoms with Gasteiger partial charge in [-0.2, -0.15) is 0 Å². The van der Waals surface area contributed by atoms with Gasteiger partial charge in [0.15, 0.2) is 5.13 Å². The van der Waals surface area contributed by atoms with Gasteiger partial charge in [-0.15, -0.1) is 23.1 Å². The van der Waals surface area contributed by atoms with E-state index in [0.717, 1.165) is 21.4 Å². The van der Waals surface area contributed by atoms with Gasteiger partial charge < -0.3 is 15.2 Å². The number of rotatable bonds is 8. The van der Waals surface area contributed by atoms with E-state index in [-0.39, 0.29) is 11.8 Å². The minimum Gasteiger partial charge on any atom is -0.350 e. The van der Waals surface area contributed by atoms with E-state index in [0.29, 0.717) is 29.5 Å². The first-order valence-corrected chi connectivity index (χ1v) is 12.1. The second kappa shape index (κ2) is 10.0. The Balaban J connectivity index is 1.39. The van der Waals surface area contributed by atoms with E-state index in [1.165, 1.54) is 28.7 Å². The number of carbonyl (C=O) groups excluding carboxylic acids is 2. The smallest absolute Gasteiger partial charge is 0.251 e. The van der Waals surface area contributed by atoms with Crippen LogP contribution in [0.3, 0.4) is 0 Å². The number of thioether (sulfide) groups is 1. The summed E-state index contributed by atoms with van der Waals surface area (Å²) in [7, 11) is 0. The molecule has 0 saturated carbocycles. The first-order chi connectivity index (χ1) is 15.5. The lowest BCUT2D eigenvalue weighted by atomic mass is 10.1. The molecule has 2 aromatic heterocycles. The van der Waals surface area contributed by atoms with Gasteiger partial charge in [-0.3, -0.25) is 9.59 Å². The van der Waals surface area contributed by atoms with Gasteiger partial charge in [-0.1, -0.05) is 24.3 Å². The highest BCUT2D eigenvalue weighted by atomic mass is 32.2. The van der Waals surface area contributed by atoms with Crippen molar-refractivity contribution in [3.8, 4) is 0 Å². The number of hydrogen-bond acceptors (Lipinski definition) is 5. The van der Waals surface area contributed by atoms with Crippen LogP contribution >= 0.6 is 23.1 Å². The summed E-state index contributed by atoms with van der Waals surface area (Å²) >= 11 is 2.90. The average molecular weight is 465 g/mol. The molecule has 8 heteroatoms. The van der Waals surface area contributed by atoms with Crippen LogP contribution in [0.4, 0.5) is 5.13 Å².